The number of piperazine rings is 1. The molecule has 156 valence electrons. The van der Waals surface area contributed by atoms with Crippen LogP contribution in [0.3, 0.4) is 0 Å². The fourth-order valence-electron chi connectivity index (χ4n) is 3.06. The Morgan fingerprint density at radius 2 is 1.64 bits per heavy atom. The fourth-order valence-corrected chi connectivity index (χ4v) is 3.06. The number of hydrogen-bond donors (Lipinski definition) is 2. The summed E-state index contributed by atoms with van der Waals surface area (Å²) >= 11 is 0. The number of rotatable bonds is 10. The first-order chi connectivity index (χ1) is 13.5. The molecule has 1 aliphatic heterocycles. The van der Waals surface area contributed by atoms with Crippen molar-refractivity contribution in [3.63, 3.8) is 0 Å². The summed E-state index contributed by atoms with van der Waals surface area (Å²) < 4.78 is 10.5. The molecular formula is C20H32N4O4. The zero-order chi connectivity index (χ0) is 20.4. The Morgan fingerprint density at radius 3 is 2.21 bits per heavy atom. The van der Waals surface area contributed by atoms with Gasteiger partial charge in [-0.3, -0.25) is 19.4 Å². The second kappa shape index (κ2) is 11.5. The smallest absolute Gasteiger partial charge is 0.238 e. The Hall–Kier alpha value is -2.32. The van der Waals surface area contributed by atoms with Crippen molar-refractivity contribution in [2.24, 2.45) is 0 Å². The van der Waals surface area contributed by atoms with Crippen molar-refractivity contribution < 1.29 is 19.1 Å². The fraction of sp³-hybridized carbons (Fsp3) is 0.600. The molecule has 8 heteroatoms. The van der Waals surface area contributed by atoms with E-state index in [0.717, 1.165) is 45.6 Å². The molecule has 2 amide bonds. The molecule has 0 bridgehead atoms. The quantitative estimate of drug-likeness (QED) is 0.582. The van der Waals surface area contributed by atoms with E-state index in [1.807, 2.05) is 0 Å². The predicted octanol–water partition coefficient (Wildman–Crippen LogP) is 1.18. The number of anilines is 1. The van der Waals surface area contributed by atoms with Gasteiger partial charge < -0.3 is 20.1 Å². The Bertz CT molecular complexity index is 645. The molecule has 2 N–H and O–H groups in total. The number of amides is 2. The third-order valence-corrected chi connectivity index (χ3v) is 4.73. The van der Waals surface area contributed by atoms with Crippen LogP contribution in [0.4, 0.5) is 5.69 Å². The molecule has 1 aromatic carbocycles. The number of ether oxygens (including phenoxy) is 2. The van der Waals surface area contributed by atoms with E-state index in [-0.39, 0.29) is 11.8 Å². The zero-order valence-electron chi connectivity index (χ0n) is 17.1. The van der Waals surface area contributed by atoms with E-state index in [1.165, 1.54) is 0 Å². The first kappa shape index (κ1) is 22.0. The first-order valence-corrected chi connectivity index (χ1v) is 9.79. The van der Waals surface area contributed by atoms with Crippen LogP contribution in [0.1, 0.15) is 19.8 Å². The second-order valence-corrected chi connectivity index (χ2v) is 6.87. The van der Waals surface area contributed by atoms with Crippen LogP contribution >= 0.6 is 0 Å². The van der Waals surface area contributed by atoms with E-state index in [4.69, 9.17) is 9.47 Å². The summed E-state index contributed by atoms with van der Waals surface area (Å²) in [5.74, 6) is 1.22. The van der Waals surface area contributed by atoms with Gasteiger partial charge in [-0.15, -0.1) is 0 Å². The highest BCUT2D eigenvalue weighted by atomic mass is 16.5. The Morgan fingerprint density at radius 1 is 1.00 bits per heavy atom. The molecule has 0 saturated carbocycles. The Balaban J connectivity index is 1.74. The predicted molar refractivity (Wildman–Crippen MR) is 109 cm³/mol. The van der Waals surface area contributed by atoms with Gasteiger partial charge in [0, 0.05) is 38.8 Å². The highest BCUT2D eigenvalue weighted by Crippen LogP contribution is 2.28. The molecule has 1 saturated heterocycles. The van der Waals surface area contributed by atoms with Gasteiger partial charge in [0.25, 0.3) is 0 Å². The van der Waals surface area contributed by atoms with Crippen LogP contribution in [0.15, 0.2) is 18.2 Å². The van der Waals surface area contributed by atoms with Gasteiger partial charge in [-0.1, -0.05) is 13.3 Å². The van der Waals surface area contributed by atoms with Crippen molar-refractivity contribution >= 4 is 17.5 Å². The Labute approximate surface area is 167 Å². The molecule has 0 spiro atoms. The van der Waals surface area contributed by atoms with Crippen molar-refractivity contribution in [3.8, 4) is 11.5 Å². The number of hydrogen-bond acceptors (Lipinski definition) is 6. The molecule has 0 atom stereocenters. The third-order valence-electron chi connectivity index (χ3n) is 4.73. The summed E-state index contributed by atoms with van der Waals surface area (Å²) in [4.78, 5) is 28.5. The van der Waals surface area contributed by atoms with Gasteiger partial charge in [-0.05, 0) is 18.6 Å². The molecule has 28 heavy (non-hydrogen) atoms. The Kier molecular flexibility index (Phi) is 9.03. The van der Waals surface area contributed by atoms with Crippen molar-refractivity contribution in [1.29, 1.82) is 0 Å². The monoisotopic (exact) mass is 392 g/mol. The summed E-state index contributed by atoms with van der Waals surface area (Å²) in [6, 6.07) is 5.28. The van der Waals surface area contributed by atoms with Gasteiger partial charge in [-0.2, -0.15) is 0 Å². The van der Waals surface area contributed by atoms with Crippen molar-refractivity contribution in [3.05, 3.63) is 18.2 Å². The summed E-state index contributed by atoms with van der Waals surface area (Å²) in [6.07, 6.45) is 2.08. The van der Waals surface area contributed by atoms with Crippen LogP contribution < -0.4 is 20.1 Å². The average Bonchev–Trinajstić information content (AvgIpc) is 2.70. The molecule has 1 heterocycles. The zero-order valence-corrected chi connectivity index (χ0v) is 17.1. The van der Waals surface area contributed by atoms with Gasteiger partial charge in [0.1, 0.15) is 11.5 Å². The van der Waals surface area contributed by atoms with Gasteiger partial charge in [-0.25, -0.2) is 0 Å². The standard InChI is InChI=1S/C20H32N4O4/c1-4-5-8-21-19(25)14-23-9-11-24(12-10-23)15-20(26)22-17-7-6-16(27-2)13-18(17)28-3/h6-7,13H,4-5,8-12,14-15H2,1-3H3,(H,21,25)(H,22,26). The second-order valence-electron chi connectivity index (χ2n) is 6.87. The van der Waals surface area contributed by atoms with Crippen LogP contribution in [0, 0.1) is 0 Å². The SMILES string of the molecule is CCCCNC(=O)CN1CCN(CC(=O)Nc2ccc(OC)cc2OC)CC1. The maximum absolute atomic E-state index is 12.4. The minimum atomic E-state index is -0.0887. The number of carbonyl (C=O) groups is 2. The number of methoxy groups -OCH3 is 2. The van der Waals surface area contributed by atoms with Gasteiger partial charge in [0.05, 0.1) is 33.0 Å². The number of nitrogens with one attached hydrogen (secondary N) is 2. The molecule has 1 aromatic rings. The minimum Gasteiger partial charge on any atom is -0.497 e. The van der Waals surface area contributed by atoms with E-state index in [9.17, 15) is 9.59 Å². The normalized spacial score (nSPS) is 15.1. The summed E-state index contributed by atoms with van der Waals surface area (Å²) in [5, 5.41) is 5.83. The highest BCUT2D eigenvalue weighted by molar-refractivity contribution is 5.93. The maximum Gasteiger partial charge on any atom is 0.238 e. The number of nitrogens with zero attached hydrogens (tertiary/aromatic N) is 2. The molecule has 1 aliphatic rings. The average molecular weight is 393 g/mol. The molecule has 0 aromatic heterocycles. The van der Waals surface area contributed by atoms with Crippen LogP contribution in [-0.4, -0.2) is 81.6 Å². The molecule has 0 radical (unpaired) electrons. The molecule has 0 unspecified atom stereocenters. The van der Waals surface area contributed by atoms with Gasteiger partial charge in [0.15, 0.2) is 0 Å². The lowest BCUT2D eigenvalue weighted by atomic mass is 10.2. The van der Waals surface area contributed by atoms with E-state index in [1.54, 1.807) is 32.4 Å². The molecule has 0 aliphatic carbocycles. The van der Waals surface area contributed by atoms with E-state index in [2.05, 4.69) is 27.4 Å². The molecule has 1 fully saturated rings. The lowest BCUT2D eigenvalue weighted by molar-refractivity contribution is -0.123. The third kappa shape index (κ3) is 7.01. The van der Waals surface area contributed by atoms with E-state index >= 15 is 0 Å². The number of unbranched alkanes of at least 4 members (excludes halogenated alkanes) is 1. The van der Waals surface area contributed by atoms with Gasteiger partial charge >= 0.3 is 0 Å². The number of benzene rings is 1. The maximum atomic E-state index is 12.4. The van der Waals surface area contributed by atoms with E-state index < -0.39 is 0 Å². The van der Waals surface area contributed by atoms with Crippen LogP contribution in [-0.2, 0) is 9.59 Å². The molecule has 8 nitrogen and oxygen atoms in total. The van der Waals surface area contributed by atoms with Crippen LogP contribution in [0.25, 0.3) is 0 Å². The van der Waals surface area contributed by atoms with Crippen LogP contribution in [0.2, 0.25) is 0 Å². The lowest BCUT2D eigenvalue weighted by Crippen LogP contribution is -2.51. The van der Waals surface area contributed by atoms with Crippen molar-refractivity contribution in [2.45, 2.75) is 19.8 Å². The molecule has 2 rings (SSSR count). The summed E-state index contributed by atoms with van der Waals surface area (Å²) in [7, 11) is 3.14. The lowest BCUT2D eigenvalue weighted by Gasteiger charge is -2.33. The number of carbonyl (C=O) groups excluding carboxylic acids is 2. The van der Waals surface area contributed by atoms with Crippen molar-refractivity contribution in [1.82, 2.24) is 15.1 Å². The van der Waals surface area contributed by atoms with Crippen molar-refractivity contribution in [2.75, 3.05) is 65.3 Å². The van der Waals surface area contributed by atoms with Crippen LogP contribution in [0.5, 0.6) is 11.5 Å². The topological polar surface area (TPSA) is 83.1 Å². The van der Waals surface area contributed by atoms with E-state index in [0.29, 0.717) is 30.3 Å². The highest BCUT2D eigenvalue weighted by Gasteiger charge is 2.21. The first-order valence-electron chi connectivity index (χ1n) is 9.79. The van der Waals surface area contributed by atoms with Gasteiger partial charge in [0.2, 0.25) is 11.8 Å². The summed E-state index contributed by atoms with van der Waals surface area (Å²) in [5.41, 5.74) is 0.621. The minimum absolute atomic E-state index is 0.0752. The summed E-state index contributed by atoms with van der Waals surface area (Å²) in [6.45, 7) is 6.65. The molecular weight excluding hydrogens is 360 g/mol. The largest absolute Gasteiger partial charge is 0.497 e.